The van der Waals surface area contributed by atoms with Gasteiger partial charge in [-0.15, -0.1) is 0 Å². The third-order valence-corrected chi connectivity index (χ3v) is 9.07. The molecule has 0 radical (unpaired) electrons. The zero-order valence-corrected chi connectivity index (χ0v) is 27.5. The second kappa shape index (κ2) is 28.9. The highest BCUT2D eigenvalue weighted by atomic mass is 15.4. The van der Waals surface area contributed by atoms with Crippen molar-refractivity contribution in [3.8, 4) is 0 Å². The molecule has 1 atom stereocenters. The molecule has 1 rings (SSSR count). The van der Waals surface area contributed by atoms with Gasteiger partial charge in [0.25, 0.3) is 0 Å². The smallest absolute Gasteiger partial charge is 0.101 e. The Hall–Kier alpha value is -0.660. The van der Waals surface area contributed by atoms with E-state index in [9.17, 15) is 0 Å². The van der Waals surface area contributed by atoms with Gasteiger partial charge >= 0.3 is 0 Å². The predicted octanol–water partition coefficient (Wildman–Crippen LogP) is 12.8. The van der Waals surface area contributed by atoms with Gasteiger partial charge in [0.2, 0.25) is 0 Å². The lowest BCUT2D eigenvalue weighted by molar-refractivity contribution is 0.135. The van der Waals surface area contributed by atoms with Gasteiger partial charge < -0.3 is 9.80 Å². The van der Waals surface area contributed by atoms with Gasteiger partial charge in [-0.2, -0.15) is 0 Å². The van der Waals surface area contributed by atoms with Gasteiger partial charge in [0, 0.05) is 25.5 Å². The van der Waals surface area contributed by atoms with Crippen LogP contribution in [0.1, 0.15) is 207 Å². The highest BCUT2D eigenvalue weighted by Crippen LogP contribution is 2.24. The average Bonchev–Trinajstić information content (AvgIpc) is 3.33. The summed E-state index contributed by atoms with van der Waals surface area (Å²) in [6.07, 6.45) is 47.0. The zero-order valence-electron chi connectivity index (χ0n) is 27.5. The van der Waals surface area contributed by atoms with E-state index in [2.05, 4.69) is 43.0 Å². The summed E-state index contributed by atoms with van der Waals surface area (Å²) < 4.78 is 0. The Bertz CT molecular complexity index is 502. The summed E-state index contributed by atoms with van der Waals surface area (Å²) in [6, 6.07) is 0. The molecule has 1 aliphatic heterocycles. The maximum absolute atomic E-state index is 2.71. The highest BCUT2D eigenvalue weighted by molar-refractivity contribution is 4.97. The molecule has 0 saturated carbocycles. The van der Waals surface area contributed by atoms with Crippen LogP contribution in [0.15, 0.2) is 12.4 Å². The molecule has 0 bridgehead atoms. The normalized spacial score (nSPS) is 15.2. The first-order valence-electron chi connectivity index (χ1n) is 18.5. The van der Waals surface area contributed by atoms with E-state index in [0.29, 0.717) is 6.17 Å². The quantitative estimate of drug-likeness (QED) is 0.0798. The maximum Gasteiger partial charge on any atom is 0.101 e. The van der Waals surface area contributed by atoms with E-state index in [-0.39, 0.29) is 0 Å². The van der Waals surface area contributed by atoms with Gasteiger partial charge in [-0.05, 0) is 25.7 Å². The number of hydrogen-bond donors (Lipinski definition) is 0. The van der Waals surface area contributed by atoms with Crippen molar-refractivity contribution in [3.05, 3.63) is 12.4 Å². The van der Waals surface area contributed by atoms with Crippen molar-refractivity contribution in [2.75, 3.05) is 13.1 Å². The summed E-state index contributed by atoms with van der Waals surface area (Å²) in [5.41, 5.74) is 0. The van der Waals surface area contributed by atoms with E-state index in [1.807, 2.05) is 0 Å². The van der Waals surface area contributed by atoms with E-state index < -0.39 is 0 Å². The second-order valence-corrected chi connectivity index (χ2v) is 12.9. The van der Waals surface area contributed by atoms with Crippen molar-refractivity contribution in [1.29, 1.82) is 0 Å². The molecule has 0 spiro atoms. The molecule has 0 aromatic carbocycles. The SMILES string of the molecule is CCCCCCCCCCCCCCCC1N(CCCCCCCC)C=CN1CCCCCCCCCCC. The van der Waals surface area contributed by atoms with Crippen LogP contribution in [-0.4, -0.2) is 29.1 Å². The van der Waals surface area contributed by atoms with Crippen LogP contribution in [0.2, 0.25) is 0 Å². The van der Waals surface area contributed by atoms with Crippen LogP contribution in [0.3, 0.4) is 0 Å². The summed E-state index contributed by atoms with van der Waals surface area (Å²) in [4.78, 5) is 5.41. The first kappa shape index (κ1) is 36.4. The number of unbranched alkanes of at least 4 members (excludes halogenated alkanes) is 25. The van der Waals surface area contributed by atoms with Crippen LogP contribution in [-0.2, 0) is 0 Å². The fourth-order valence-electron chi connectivity index (χ4n) is 6.36. The van der Waals surface area contributed by atoms with Gasteiger partial charge in [0.05, 0.1) is 0 Å². The third-order valence-electron chi connectivity index (χ3n) is 9.07. The summed E-state index contributed by atoms with van der Waals surface area (Å²) >= 11 is 0. The van der Waals surface area contributed by atoms with Gasteiger partial charge in [0.1, 0.15) is 6.17 Å². The molecule has 0 aromatic rings. The monoisotopic (exact) mass is 547 g/mol. The molecule has 0 fully saturated rings. The van der Waals surface area contributed by atoms with E-state index in [4.69, 9.17) is 0 Å². The molecule has 1 aliphatic rings. The molecule has 0 aliphatic carbocycles. The minimum absolute atomic E-state index is 0.641. The first-order chi connectivity index (χ1) is 19.3. The lowest BCUT2D eigenvalue weighted by Crippen LogP contribution is -2.39. The molecule has 39 heavy (non-hydrogen) atoms. The molecule has 0 amide bonds. The van der Waals surface area contributed by atoms with Crippen LogP contribution >= 0.6 is 0 Å². The summed E-state index contributed by atoms with van der Waals surface area (Å²) in [5, 5.41) is 0. The predicted molar refractivity (Wildman–Crippen MR) is 177 cm³/mol. The molecule has 1 unspecified atom stereocenters. The molecule has 2 nitrogen and oxygen atoms in total. The fourth-order valence-corrected chi connectivity index (χ4v) is 6.36. The van der Waals surface area contributed by atoms with Crippen LogP contribution in [0.25, 0.3) is 0 Å². The zero-order chi connectivity index (χ0) is 28.1. The van der Waals surface area contributed by atoms with Crippen LogP contribution in [0.5, 0.6) is 0 Å². The first-order valence-corrected chi connectivity index (χ1v) is 18.5. The van der Waals surface area contributed by atoms with E-state index in [0.717, 1.165) is 0 Å². The highest BCUT2D eigenvalue weighted by Gasteiger charge is 2.24. The minimum atomic E-state index is 0.641. The molecule has 232 valence electrons. The average molecular weight is 547 g/mol. The van der Waals surface area contributed by atoms with Gasteiger partial charge in [-0.1, -0.05) is 181 Å². The second-order valence-electron chi connectivity index (χ2n) is 12.9. The van der Waals surface area contributed by atoms with E-state index >= 15 is 0 Å². The maximum atomic E-state index is 2.71. The summed E-state index contributed by atoms with van der Waals surface area (Å²) in [5.74, 6) is 0. The van der Waals surface area contributed by atoms with Crippen molar-refractivity contribution in [2.24, 2.45) is 0 Å². The number of nitrogens with zero attached hydrogens (tertiary/aromatic N) is 2. The molecular formula is C37H74N2. The van der Waals surface area contributed by atoms with E-state index in [1.54, 1.807) is 0 Å². The molecule has 0 aromatic heterocycles. The molecular weight excluding hydrogens is 472 g/mol. The lowest BCUT2D eigenvalue weighted by atomic mass is 10.0. The van der Waals surface area contributed by atoms with Crippen molar-refractivity contribution < 1.29 is 0 Å². The Labute approximate surface area is 248 Å². The van der Waals surface area contributed by atoms with Gasteiger partial charge in [0.15, 0.2) is 0 Å². The fraction of sp³-hybridized carbons (Fsp3) is 0.946. The minimum Gasteiger partial charge on any atom is -0.356 e. The largest absolute Gasteiger partial charge is 0.356 e. The standard InChI is InChI=1S/C37H74N2/c1-4-7-10-13-16-18-19-20-21-22-24-26-29-32-37-38(33-30-27-15-12-9-6-3)35-36-39(37)34-31-28-25-23-17-14-11-8-5-2/h35-37H,4-34H2,1-3H3. The Morgan fingerprint density at radius 3 is 0.897 bits per heavy atom. The Kier molecular flexibility index (Phi) is 26.9. The summed E-state index contributed by atoms with van der Waals surface area (Å²) in [6.45, 7) is 9.47. The topological polar surface area (TPSA) is 6.48 Å². The van der Waals surface area contributed by atoms with Crippen molar-refractivity contribution >= 4 is 0 Å². The molecule has 2 heteroatoms. The van der Waals surface area contributed by atoms with Crippen molar-refractivity contribution in [2.45, 2.75) is 213 Å². The molecule has 0 N–H and O–H groups in total. The van der Waals surface area contributed by atoms with Crippen LogP contribution in [0.4, 0.5) is 0 Å². The van der Waals surface area contributed by atoms with Crippen molar-refractivity contribution in [1.82, 2.24) is 9.80 Å². The Morgan fingerprint density at radius 1 is 0.333 bits per heavy atom. The van der Waals surface area contributed by atoms with E-state index in [1.165, 1.54) is 199 Å². The van der Waals surface area contributed by atoms with Gasteiger partial charge in [-0.25, -0.2) is 0 Å². The van der Waals surface area contributed by atoms with Crippen molar-refractivity contribution in [3.63, 3.8) is 0 Å². The lowest BCUT2D eigenvalue weighted by Gasteiger charge is -2.33. The number of hydrogen-bond acceptors (Lipinski definition) is 2. The third kappa shape index (κ3) is 21.7. The molecule has 1 heterocycles. The van der Waals surface area contributed by atoms with Gasteiger partial charge in [-0.3, -0.25) is 0 Å². The van der Waals surface area contributed by atoms with Crippen LogP contribution in [0, 0.1) is 0 Å². The van der Waals surface area contributed by atoms with Crippen LogP contribution < -0.4 is 0 Å². The Balaban J connectivity index is 2.20. The number of rotatable bonds is 31. The summed E-state index contributed by atoms with van der Waals surface area (Å²) in [7, 11) is 0. The molecule has 0 saturated heterocycles. The Morgan fingerprint density at radius 2 is 0.590 bits per heavy atom.